The normalized spacial score (nSPS) is 17.0. The van der Waals surface area contributed by atoms with Gasteiger partial charge >= 0.3 is 5.97 Å². The zero-order valence-electron chi connectivity index (χ0n) is 17.9. The van der Waals surface area contributed by atoms with Gasteiger partial charge in [0, 0.05) is 5.57 Å². The number of benzene rings is 1. The van der Waals surface area contributed by atoms with Gasteiger partial charge in [-0.1, -0.05) is 89.1 Å². The van der Waals surface area contributed by atoms with Gasteiger partial charge in [0.2, 0.25) is 5.76 Å². The molecule has 0 radical (unpaired) electrons. The van der Waals surface area contributed by atoms with Crippen molar-refractivity contribution < 1.29 is 14.4 Å². The summed E-state index contributed by atoms with van der Waals surface area (Å²) >= 11 is 0. The van der Waals surface area contributed by atoms with Crippen molar-refractivity contribution in [2.45, 2.75) is 90.6 Å². The van der Waals surface area contributed by atoms with E-state index in [2.05, 4.69) is 26.0 Å². The molecular formula is C24H37NO3. The third-order valence-corrected chi connectivity index (χ3v) is 5.43. The first-order chi connectivity index (χ1) is 13.7. The molecule has 0 fully saturated rings. The summed E-state index contributed by atoms with van der Waals surface area (Å²) in [6, 6.07) is 10.5. The van der Waals surface area contributed by atoms with Crippen LogP contribution in [0, 0.1) is 0 Å². The molecule has 1 unspecified atom stereocenters. The lowest BCUT2D eigenvalue weighted by Gasteiger charge is -2.25. The Balaban J connectivity index is 2.14. The van der Waals surface area contributed by atoms with Crippen molar-refractivity contribution in [3.63, 3.8) is 0 Å². The molecule has 0 saturated carbocycles. The number of hydrogen-bond donors (Lipinski definition) is 0. The van der Waals surface area contributed by atoms with Crippen LogP contribution >= 0.6 is 0 Å². The van der Waals surface area contributed by atoms with E-state index in [0.29, 0.717) is 12.3 Å². The first-order valence-corrected chi connectivity index (χ1v) is 11.0. The second kappa shape index (κ2) is 12.6. The average molecular weight is 388 g/mol. The summed E-state index contributed by atoms with van der Waals surface area (Å²) in [6.07, 6.45) is 11.6. The smallest absolute Gasteiger partial charge is 0.375 e. The molecule has 1 aliphatic heterocycles. The Labute approximate surface area is 170 Å². The second-order valence-corrected chi connectivity index (χ2v) is 7.67. The molecule has 156 valence electrons. The van der Waals surface area contributed by atoms with Crippen LogP contribution in [0.4, 0.5) is 0 Å². The summed E-state index contributed by atoms with van der Waals surface area (Å²) in [5, 5.41) is 2.00. The van der Waals surface area contributed by atoms with E-state index in [0.717, 1.165) is 37.7 Å². The van der Waals surface area contributed by atoms with E-state index in [1.165, 1.54) is 44.8 Å². The Morgan fingerprint density at radius 1 is 1.00 bits per heavy atom. The predicted molar refractivity (Wildman–Crippen MR) is 113 cm³/mol. The van der Waals surface area contributed by atoms with Crippen molar-refractivity contribution in [2.24, 2.45) is 0 Å². The lowest BCUT2D eigenvalue weighted by atomic mass is 9.94. The number of nitrogens with zero attached hydrogens (tertiary/aromatic N) is 1. The molecule has 2 rings (SSSR count). The van der Waals surface area contributed by atoms with Crippen LogP contribution < -0.4 is 0 Å². The minimum absolute atomic E-state index is 0.160. The zero-order chi connectivity index (χ0) is 20.2. The molecule has 0 aromatic heterocycles. The summed E-state index contributed by atoms with van der Waals surface area (Å²) in [4.78, 5) is 18.5. The Hall–Kier alpha value is -1.81. The van der Waals surface area contributed by atoms with Crippen LogP contribution in [0.2, 0.25) is 0 Å². The molecule has 0 bridgehead atoms. The molecule has 1 heterocycles. The van der Waals surface area contributed by atoms with Crippen molar-refractivity contribution in [2.75, 3.05) is 7.11 Å². The van der Waals surface area contributed by atoms with Crippen LogP contribution in [0.1, 0.15) is 83.6 Å². The minimum atomic E-state index is -0.349. The Kier molecular flexibility index (Phi) is 10.1. The molecule has 1 aliphatic rings. The SMILES string of the molecule is CCCCCCCC1C(CCCCC)=C(C(=O)OC)ON1Cc1ccccc1. The van der Waals surface area contributed by atoms with Gasteiger partial charge < -0.3 is 9.57 Å². The Bertz CT molecular complexity index is 612. The topological polar surface area (TPSA) is 38.8 Å². The van der Waals surface area contributed by atoms with Crippen molar-refractivity contribution in [3.05, 3.63) is 47.2 Å². The van der Waals surface area contributed by atoms with Crippen molar-refractivity contribution in [1.82, 2.24) is 5.06 Å². The first kappa shape index (κ1) is 22.5. The molecule has 0 spiro atoms. The largest absolute Gasteiger partial charge is 0.463 e. The molecule has 1 aromatic carbocycles. The van der Waals surface area contributed by atoms with Gasteiger partial charge in [-0.2, -0.15) is 0 Å². The van der Waals surface area contributed by atoms with Gasteiger partial charge in [-0.3, -0.25) is 0 Å². The molecule has 0 N–H and O–H groups in total. The lowest BCUT2D eigenvalue weighted by Crippen LogP contribution is -2.30. The Morgan fingerprint density at radius 2 is 1.68 bits per heavy atom. The minimum Gasteiger partial charge on any atom is -0.463 e. The molecule has 4 nitrogen and oxygen atoms in total. The number of ether oxygens (including phenoxy) is 1. The van der Waals surface area contributed by atoms with Crippen LogP contribution in [0.5, 0.6) is 0 Å². The molecule has 0 amide bonds. The summed E-state index contributed by atoms with van der Waals surface area (Å²) < 4.78 is 5.03. The van der Waals surface area contributed by atoms with E-state index in [1.807, 2.05) is 23.3 Å². The van der Waals surface area contributed by atoms with E-state index in [-0.39, 0.29) is 12.0 Å². The van der Waals surface area contributed by atoms with E-state index in [4.69, 9.17) is 9.57 Å². The summed E-state index contributed by atoms with van der Waals surface area (Å²) in [5.74, 6) is 0.0751. The van der Waals surface area contributed by atoms with Gasteiger partial charge in [-0.05, 0) is 24.8 Å². The Morgan fingerprint density at radius 3 is 2.36 bits per heavy atom. The fourth-order valence-electron chi connectivity index (χ4n) is 3.84. The number of rotatable bonds is 13. The third kappa shape index (κ3) is 6.66. The van der Waals surface area contributed by atoms with Crippen LogP contribution in [-0.4, -0.2) is 24.2 Å². The number of methoxy groups -OCH3 is 1. The maximum absolute atomic E-state index is 12.4. The lowest BCUT2D eigenvalue weighted by molar-refractivity contribution is -0.160. The number of hydrogen-bond acceptors (Lipinski definition) is 4. The summed E-state index contributed by atoms with van der Waals surface area (Å²) in [7, 11) is 1.43. The summed E-state index contributed by atoms with van der Waals surface area (Å²) in [6.45, 7) is 5.12. The van der Waals surface area contributed by atoms with Crippen LogP contribution in [-0.2, 0) is 20.9 Å². The zero-order valence-corrected chi connectivity index (χ0v) is 17.9. The fraction of sp³-hybridized carbons (Fsp3) is 0.625. The molecule has 1 aromatic rings. The first-order valence-electron chi connectivity index (χ1n) is 11.0. The van der Waals surface area contributed by atoms with Gasteiger partial charge in [0.1, 0.15) is 0 Å². The highest BCUT2D eigenvalue weighted by molar-refractivity contribution is 5.87. The predicted octanol–water partition coefficient (Wildman–Crippen LogP) is 6.17. The molecule has 0 saturated heterocycles. The average Bonchev–Trinajstić information content (AvgIpc) is 3.05. The number of hydroxylamine groups is 2. The van der Waals surface area contributed by atoms with Gasteiger partial charge in [0.15, 0.2) is 0 Å². The van der Waals surface area contributed by atoms with E-state index >= 15 is 0 Å². The van der Waals surface area contributed by atoms with E-state index < -0.39 is 0 Å². The molecule has 1 atom stereocenters. The van der Waals surface area contributed by atoms with Crippen LogP contribution in [0.25, 0.3) is 0 Å². The van der Waals surface area contributed by atoms with Crippen LogP contribution in [0.15, 0.2) is 41.7 Å². The highest BCUT2D eigenvalue weighted by Gasteiger charge is 2.37. The molecule has 4 heteroatoms. The van der Waals surface area contributed by atoms with Gasteiger partial charge in [0.05, 0.1) is 19.7 Å². The standard InChI is InChI=1S/C24H37NO3/c1-4-6-8-9-14-18-22-21(17-11-7-5-2)23(24(26)27-3)28-25(22)19-20-15-12-10-13-16-20/h10,12-13,15-16,22H,4-9,11,14,17-19H2,1-3H3. The highest BCUT2D eigenvalue weighted by Crippen LogP contribution is 2.35. The third-order valence-electron chi connectivity index (χ3n) is 5.43. The van der Waals surface area contributed by atoms with Gasteiger partial charge in [0.25, 0.3) is 0 Å². The second-order valence-electron chi connectivity index (χ2n) is 7.67. The highest BCUT2D eigenvalue weighted by atomic mass is 16.7. The summed E-state index contributed by atoms with van der Waals surface area (Å²) in [5.41, 5.74) is 2.32. The van der Waals surface area contributed by atoms with Crippen molar-refractivity contribution in [3.8, 4) is 0 Å². The van der Waals surface area contributed by atoms with Crippen molar-refractivity contribution >= 4 is 5.97 Å². The van der Waals surface area contributed by atoms with E-state index in [9.17, 15) is 4.79 Å². The molecule has 28 heavy (non-hydrogen) atoms. The number of esters is 1. The van der Waals surface area contributed by atoms with Gasteiger partial charge in [-0.25, -0.2) is 4.79 Å². The van der Waals surface area contributed by atoms with Crippen LogP contribution in [0.3, 0.4) is 0 Å². The number of carbonyl (C=O) groups excluding carboxylic acids is 1. The fourth-order valence-corrected chi connectivity index (χ4v) is 3.84. The monoisotopic (exact) mass is 387 g/mol. The quantitative estimate of drug-likeness (QED) is 0.300. The molecule has 0 aliphatic carbocycles. The van der Waals surface area contributed by atoms with Gasteiger partial charge in [-0.15, -0.1) is 5.06 Å². The maximum atomic E-state index is 12.4. The number of carbonyl (C=O) groups is 1. The molecular weight excluding hydrogens is 350 g/mol. The maximum Gasteiger partial charge on any atom is 0.375 e. The van der Waals surface area contributed by atoms with E-state index in [1.54, 1.807) is 0 Å². The van der Waals surface area contributed by atoms with Crippen molar-refractivity contribution in [1.29, 1.82) is 0 Å². The number of unbranched alkanes of at least 4 members (excludes halogenated alkanes) is 6.